The maximum absolute atomic E-state index is 9.66. The van der Waals surface area contributed by atoms with Crippen LogP contribution < -0.4 is 10.6 Å². The molecule has 0 bridgehead atoms. The second-order valence-electron chi connectivity index (χ2n) is 4.85. The molecule has 0 amide bonds. The minimum Gasteiger partial charge on any atom is -0.391 e. The fourth-order valence-electron chi connectivity index (χ4n) is 2.36. The van der Waals surface area contributed by atoms with Crippen LogP contribution in [0.5, 0.6) is 0 Å². The number of aliphatic hydroxyl groups excluding tert-OH is 1. The third kappa shape index (κ3) is 2.99. The zero-order valence-corrected chi connectivity index (χ0v) is 10.5. The Morgan fingerprint density at radius 3 is 2.71 bits per heavy atom. The molecule has 2 rings (SSSR count). The van der Waals surface area contributed by atoms with Gasteiger partial charge in [-0.15, -0.1) is 0 Å². The molecule has 0 aliphatic carbocycles. The van der Waals surface area contributed by atoms with E-state index in [2.05, 4.69) is 36.1 Å². The highest BCUT2D eigenvalue weighted by Crippen LogP contribution is 2.22. The first kappa shape index (κ1) is 12.4. The molecule has 17 heavy (non-hydrogen) atoms. The highest BCUT2D eigenvalue weighted by molar-refractivity contribution is 5.48. The highest BCUT2D eigenvalue weighted by Gasteiger charge is 2.17. The Morgan fingerprint density at radius 2 is 2.12 bits per heavy atom. The third-order valence-corrected chi connectivity index (χ3v) is 3.52. The van der Waals surface area contributed by atoms with Gasteiger partial charge in [0, 0.05) is 24.8 Å². The molecule has 1 aromatic carbocycles. The number of benzene rings is 1. The Morgan fingerprint density at radius 1 is 1.41 bits per heavy atom. The first-order chi connectivity index (χ1) is 8.20. The summed E-state index contributed by atoms with van der Waals surface area (Å²) < 4.78 is 0. The van der Waals surface area contributed by atoms with E-state index in [1.165, 1.54) is 11.3 Å². The maximum atomic E-state index is 9.66. The average Bonchev–Trinajstić information content (AvgIpc) is 2.38. The van der Waals surface area contributed by atoms with E-state index in [-0.39, 0.29) is 12.1 Å². The van der Waals surface area contributed by atoms with E-state index in [4.69, 9.17) is 5.73 Å². The largest absolute Gasteiger partial charge is 0.391 e. The van der Waals surface area contributed by atoms with E-state index < -0.39 is 0 Å². The van der Waals surface area contributed by atoms with Crippen molar-refractivity contribution in [3.63, 3.8) is 0 Å². The number of β-amino-alcohol motifs (C(OH)–C–C–N with tert-alkyl or cyclic N) is 1. The van der Waals surface area contributed by atoms with Gasteiger partial charge in [0.2, 0.25) is 0 Å². The summed E-state index contributed by atoms with van der Waals surface area (Å²) in [4.78, 5) is 2.25. The van der Waals surface area contributed by atoms with Gasteiger partial charge in [-0.3, -0.25) is 0 Å². The molecule has 0 radical (unpaired) electrons. The van der Waals surface area contributed by atoms with Gasteiger partial charge in [-0.1, -0.05) is 19.1 Å². The fourth-order valence-corrected chi connectivity index (χ4v) is 2.36. The molecular formula is C14H22N2O. The minimum absolute atomic E-state index is 0.135. The summed E-state index contributed by atoms with van der Waals surface area (Å²) in [6.45, 7) is 3.88. The van der Waals surface area contributed by atoms with Crippen LogP contribution in [0.2, 0.25) is 0 Å². The number of piperidine rings is 1. The van der Waals surface area contributed by atoms with Crippen LogP contribution in [0.1, 0.15) is 37.8 Å². The number of nitrogens with zero attached hydrogens (tertiary/aromatic N) is 1. The van der Waals surface area contributed by atoms with Crippen molar-refractivity contribution in [1.82, 2.24) is 0 Å². The molecule has 1 aromatic rings. The van der Waals surface area contributed by atoms with Gasteiger partial charge in [-0.05, 0) is 37.0 Å². The third-order valence-electron chi connectivity index (χ3n) is 3.52. The van der Waals surface area contributed by atoms with Crippen LogP contribution in [0.25, 0.3) is 0 Å². The van der Waals surface area contributed by atoms with Crippen molar-refractivity contribution in [3.8, 4) is 0 Å². The van der Waals surface area contributed by atoms with Gasteiger partial charge in [-0.25, -0.2) is 0 Å². The van der Waals surface area contributed by atoms with Crippen molar-refractivity contribution < 1.29 is 5.11 Å². The first-order valence-electron chi connectivity index (χ1n) is 6.49. The second kappa shape index (κ2) is 5.52. The van der Waals surface area contributed by atoms with Crippen LogP contribution in [-0.2, 0) is 0 Å². The van der Waals surface area contributed by atoms with Gasteiger partial charge in [0.25, 0.3) is 0 Å². The quantitative estimate of drug-likeness (QED) is 0.841. The Labute approximate surface area is 103 Å². The summed E-state index contributed by atoms with van der Waals surface area (Å²) in [6.07, 6.45) is 2.77. The van der Waals surface area contributed by atoms with E-state index >= 15 is 0 Å². The molecule has 0 spiro atoms. The van der Waals surface area contributed by atoms with E-state index in [9.17, 15) is 5.11 Å². The first-order valence-corrected chi connectivity index (χ1v) is 6.49. The van der Waals surface area contributed by atoms with Gasteiger partial charge >= 0.3 is 0 Å². The number of hydrogen-bond donors (Lipinski definition) is 2. The van der Waals surface area contributed by atoms with Crippen LogP contribution >= 0.6 is 0 Å². The normalized spacial score (nSPS) is 22.5. The molecule has 3 heteroatoms. The molecule has 94 valence electrons. The highest BCUT2D eigenvalue weighted by atomic mass is 16.3. The summed E-state index contributed by atoms with van der Waals surface area (Å²) in [5.74, 6) is 0. The molecular weight excluding hydrogens is 212 g/mol. The Bertz CT molecular complexity index is 350. The lowest BCUT2D eigenvalue weighted by Crippen LogP contribution is -2.38. The van der Waals surface area contributed by atoms with E-state index in [1.807, 2.05) is 0 Å². The topological polar surface area (TPSA) is 49.5 Å². The lowest BCUT2D eigenvalue weighted by atomic mass is 10.0. The van der Waals surface area contributed by atoms with Gasteiger partial charge in [-0.2, -0.15) is 0 Å². The van der Waals surface area contributed by atoms with Crippen LogP contribution in [0, 0.1) is 0 Å². The molecule has 3 nitrogen and oxygen atoms in total. The number of hydrogen-bond acceptors (Lipinski definition) is 3. The average molecular weight is 234 g/mol. The SMILES string of the molecule is CC[C@H](N)c1ccc(N2CCCC(O)C2)cc1. The van der Waals surface area contributed by atoms with Crippen LogP contribution in [0.3, 0.4) is 0 Å². The molecule has 1 fully saturated rings. The van der Waals surface area contributed by atoms with Crippen LogP contribution in [-0.4, -0.2) is 24.3 Å². The predicted molar refractivity (Wildman–Crippen MR) is 71.1 cm³/mol. The number of anilines is 1. The van der Waals surface area contributed by atoms with E-state index in [1.54, 1.807) is 0 Å². The molecule has 0 saturated carbocycles. The van der Waals surface area contributed by atoms with Crippen LogP contribution in [0.15, 0.2) is 24.3 Å². The lowest BCUT2D eigenvalue weighted by molar-refractivity contribution is 0.154. The van der Waals surface area contributed by atoms with Gasteiger partial charge in [0.15, 0.2) is 0 Å². The number of aliphatic hydroxyl groups is 1. The molecule has 2 atom stereocenters. The Hall–Kier alpha value is -1.06. The van der Waals surface area contributed by atoms with Crippen LogP contribution in [0.4, 0.5) is 5.69 Å². The van der Waals surface area contributed by atoms with Gasteiger partial charge in [0.1, 0.15) is 0 Å². The molecule has 1 aliphatic rings. The number of rotatable bonds is 3. The lowest BCUT2D eigenvalue weighted by Gasteiger charge is -2.32. The second-order valence-corrected chi connectivity index (χ2v) is 4.85. The summed E-state index contributed by atoms with van der Waals surface area (Å²) in [6, 6.07) is 8.57. The van der Waals surface area contributed by atoms with Gasteiger partial charge in [0.05, 0.1) is 6.10 Å². The summed E-state index contributed by atoms with van der Waals surface area (Å²) in [5, 5.41) is 9.66. The molecule has 0 aromatic heterocycles. The van der Waals surface area contributed by atoms with Crippen molar-refractivity contribution in [2.24, 2.45) is 5.73 Å². The smallest absolute Gasteiger partial charge is 0.0715 e. The summed E-state index contributed by atoms with van der Waals surface area (Å²) >= 11 is 0. The zero-order valence-electron chi connectivity index (χ0n) is 10.5. The minimum atomic E-state index is -0.179. The monoisotopic (exact) mass is 234 g/mol. The molecule has 3 N–H and O–H groups in total. The Kier molecular flexibility index (Phi) is 4.02. The molecule has 1 aliphatic heterocycles. The molecule has 1 unspecified atom stereocenters. The molecule has 1 heterocycles. The van der Waals surface area contributed by atoms with Crippen molar-refractivity contribution in [2.45, 2.75) is 38.3 Å². The Balaban J connectivity index is 2.06. The standard InChI is InChI=1S/C14H22N2O/c1-2-14(15)11-5-7-12(8-6-11)16-9-3-4-13(17)10-16/h5-8,13-14,17H,2-4,9-10,15H2,1H3/t13?,14-/m0/s1. The summed E-state index contributed by atoms with van der Waals surface area (Å²) in [5.41, 5.74) is 8.37. The molecule has 1 saturated heterocycles. The van der Waals surface area contributed by atoms with Crippen molar-refractivity contribution in [1.29, 1.82) is 0 Å². The maximum Gasteiger partial charge on any atom is 0.0715 e. The van der Waals surface area contributed by atoms with Gasteiger partial charge < -0.3 is 15.7 Å². The zero-order chi connectivity index (χ0) is 12.3. The van der Waals surface area contributed by atoms with E-state index in [0.29, 0.717) is 0 Å². The predicted octanol–water partition coefficient (Wildman–Crippen LogP) is 2.06. The van der Waals surface area contributed by atoms with Crippen molar-refractivity contribution in [3.05, 3.63) is 29.8 Å². The van der Waals surface area contributed by atoms with E-state index in [0.717, 1.165) is 32.4 Å². The van der Waals surface area contributed by atoms with Crippen molar-refractivity contribution in [2.75, 3.05) is 18.0 Å². The van der Waals surface area contributed by atoms with Crippen molar-refractivity contribution >= 4 is 5.69 Å². The number of nitrogens with two attached hydrogens (primary N) is 1. The summed E-state index contributed by atoms with van der Waals surface area (Å²) in [7, 11) is 0. The fraction of sp³-hybridized carbons (Fsp3) is 0.571.